The Morgan fingerprint density at radius 1 is 1.35 bits per heavy atom. The van der Waals surface area contributed by atoms with E-state index >= 15 is 0 Å². The van der Waals surface area contributed by atoms with Crippen molar-refractivity contribution < 1.29 is 4.79 Å². The topological polar surface area (TPSA) is 32.3 Å². The molecule has 0 spiro atoms. The van der Waals surface area contributed by atoms with Crippen LogP contribution in [0.25, 0.3) is 0 Å². The lowest BCUT2D eigenvalue weighted by Gasteiger charge is -2.30. The van der Waals surface area contributed by atoms with Crippen LogP contribution in [-0.2, 0) is 4.79 Å². The van der Waals surface area contributed by atoms with Crippen LogP contribution in [0.4, 0.5) is 0 Å². The average Bonchev–Trinajstić information content (AvgIpc) is 2.36. The van der Waals surface area contributed by atoms with Crippen molar-refractivity contribution in [2.24, 2.45) is 5.92 Å². The number of rotatable bonds is 6. The molecule has 1 saturated heterocycles. The Labute approximate surface area is 105 Å². The van der Waals surface area contributed by atoms with Gasteiger partial charge in [0.1, 0.15) is 0 Å². The van der Waals surface area contributed by atoms with Crippen LogP contribution in [-0.4, -0.2) is 37.5 Å². The highest BCUT2D eigenvalue weighted by Crippen LogP contribution is 2.20. The van der Waals surface area contributed by atoms with E-state index in [1.165, 1.54) is 12.8 Å². The van der Waals surface area contributed by atoms with Crippen LogP contribution in [0.2, 0.25) is 0 Å². The molecule has 0 atom stereocenters. The maximum atomic E-state index is 11.3. The Balaban J connectivity index is 2.15. The lowest BCUT2D eigenvalue weighted by molar-refractivity contribution is -0.121. The third-order valence-electron chi connectivity index (χ3n) is 3.45. The number of likely N-dealkylation sites (tertiary alicyclic amines) is 1. The first kappa shape index (κ1) is 14.2. The van der Waals surface area contributed by atoms with Gasteiger partial charge in [0.15, 0.2) is 0 Å². The van der Waals surface area contributed by atoms with Gasteiger partial charge in [-0.2, -0.15) is 0 Å². The smallest absolute Gasteiger partial charge is 0.220 e. The van der Waals surface area contributed by atoms with E-state index < -0.39 is 0 Å². The SMILES string of the molecule is CCC/C=C/CN1CCC(CC(=O)NC)CC1. The molecule has 1 fully saturated rings. The van der Waals surface area contributed by atoms with Crippen molar-refractivity contribution in [2.45, 2.75) is 39.0 Å². The molecule has 0 radical (unpaired) electrons. The summed E-state index contributed by atoms with van der Waals surface area (Å²) in [6.45, 7) is 5.55. The van der Waals surface area contributed by atoms with Crippen molar-refractivity contribution >= 4 is 5.91 Å². The summed E-state index contributed by atoms with van der Waals surface area (Å²) in [6.07, 6.45) is 10.00. The maximum absolute atomic E-state index is 11.3. The van der Waals surface area contributed by atoms with Gasteiger partial charge >= 0.3 is 0 Å². The molecule has 3 nitrogen and oxygen atoms in total. The number of amides is 1. The summed E-state index contributed by atoms with van der Waals surface area (Å²) in [6, 6.07) is 0. The summed E-state index contributed by atoms with van der Waals surface area (Å²) in [5.41, 5.74) is 0. The highest BCUT2D eigenvalue weighted by molar-refractivity contribution is 5.75. The molecule has 0 unspecified atom stereocenters. The molecule has 3 heteroatoms. The molecule has 1 N–H and O–H groups in total. The number of carbonyl (C=O) groups excluding carboxylic acids is 1. The third kappa shape index (κ3) is 5.87. The van der Waals surface area contributed by atoms with E-state index in [2.05, 4.69) is 29.3 Å². The molecule has 1 heterocycles. The number of hydrogen-bond acceptors (Lipinski definition) is 2. The molecular weight excluding hydrogens is 212 g/mol. The zero-order chi connectivity index (χ0) is 12.5. The molecular formula is C14H26N2O. The minimum absolute atomic E-state index is 0.186. The zero-order valence-corrected chi connectivity index (χ0v) is 11.2. The van der Waals surface area contributed by atoms with Gasteiger partial charge in [0, 0.05) is 20.0 Å². The van der Waals surface area contributed by atoms with Gasteiger partial charge < -0.3 is 5.32 Å². The minimum atomic E-state index is 0.186. The van der Waals surface area contributed by atoms with Gasteiger partial charge in [-0.15, -0.1) is 0 Å². The van der Waals surface area contributed by atoms with Gasteiger partial charge in [0.05, 0.1) is 0 Å². The second kappa shape index (κ2) is 8.29. The first-order valence-corrected chi connectivity index (χ1v) is 6.84. The van der Waals surface area contributed by atoms with E-state index in [9.17, 15) is 4.79 Å². The zero-order valence-electron chi connectivity index (χ0n) is 11.2. The fraction of sp³-hybridized carbons (Fsp3) is 0.786. The van der Waals surface area contributed by atoms with Crippen LogP contribution in [0.15, 0.2) is 12.2 Å². The average molecular weight is 238 g/mol. The molecule has 1 amide bonds. The quantitative estimate of drug-likeness (QED) is 0.719. The number of unbranched alkanes of at least 4 members (excludes halogenated alkanes) is 1. The van der Waals surface area contributed by atoms with Gasteiger partial charge in [0.2, 0.25) is 5.91 Å². The highest BCUT2D eigenvalue weighted by Gasteiger charge is 2.20. The van der Waals surface area contributed by atoms with Gasteiger partial charge in [-0.25, -0.2) is 0 Å². The van der Waals surface area contributed by atoms with Crippen LogP contribution in [0.5, 0.6) is 0 Å². The predicted molar refractivity (Wildman–Crippen MR) is 71.9 cm³/mol. The largest absolute Gasteiger partial charge is 0.359 e. The van der Waals surface area contributed by atoms with Gasteiger partial charge in [0.25, 0.3) is 0 Å². The van der Waals surface area contributed by atoms with E-state index in [1.54, 1.807) is 7.05 Å². The molecule has 17 heavy (non-hydrogen) atoms. The van der Waals surface area contributed by atoms with Crippen LogP contribution >= 0.6 is 0 Å². The van der Waals surface area contributed by atoms with Crippen LogP contribution in [0.3, 0.4) is 0 Å². The van der Waals surface area contributed by atoms with E-state index in [4.69, 9.17) is 0 Å². The van der Waals surface area contributed by atoms with Crippen molar-refractivity contribution in [1.82, 2.24) is 10.2 Å². The first-order valence-electron chi connectivity index (χ1n) is 6.84. The lowest BCUT2D eigenvalue weighted by atomic mass is 9.93. The second-order valence-electron chi connectivity index (χ2n) is 4.88. The standard InChI is InChI=1S/C14H26N2O/c1-3-4-5-6-9-16-10-7-13(8-11-16)12-14(17)15-2/h5-6,13H,3-4,7-12H2,1-2H3,(H,15,17)/b6-5+. The Hall–Kier alpha value is -0.830. The number of hydrogen-bond donors (Lipinski definition) is 1. The maximum Gasteiger partial charge on any atom is 0.220 e. The fourth-order valence-corrected chi connectivity index (χ4v) is 2.25. The Morgan fingerprint density at radius 2 is 2.06 bits per heavy atom. The summed E-state index contributed by atoms with van der Waals surface area (Å²) >= 11 is 0. The van der Waals surface area contributed by atoms with E-state index in [0.717, 1.165) is 32.5 Å². The number of carbonyl (C=O) groups is 1. The van der Waals surface area contributed by atoms with Gasteiger partial charge in [-0.1, -0.05) is 25.5 Å². The Morgan fingerprint density at radius 3 is 2.65 bits per heavy atom. The summed E-state index contributed by atoms with van der Waals surface area (Å²) < 4.78 is 0. The third-order valence-corrected chi connectivity index (χ3v) is 3.45. The Bertz CT molecular complexity index is 243. The molecule has 0 aromatic rings. The van der Waals surface area contributed by atoms with Crippen molar-refractivity contribution in [2.75, 3.05) is 26.7 Å². The van der Waals surface area contributed by atoms with Crippen molar-refractivity contribution in [3.05, 3.63) is 12.2 Å². The second-order valence-corrected chi connectivity index (χ2v) is 4.88. The number of nitrogens with one attached hydrogen (secondary N) is 1. The highest BCUT2D eigenvalue weighted by atomic mass is 16.1. The van der Waals surface area contributed by atoms with E-state index in [-0.39, 0.29) is 5.91 Å². The summed E-state index contributed by atoms with van der Waals surface area (Å²) in [5.74, 6) is 0.775. The van der Waals surface area contributed by atoms with Gasteiger partial charge in [-0.3, -0.25) is 9.69 Å². The van der Waals surface area contributed by atoms with Crippen LogP contribution in [0.1, 0.15) is 39.0 Å². The van der Waals surface area contributed by atoms with Gasteiger partial charge in [-0.05, 0) is 38.3 Å². The molecule has 0 aromatic heterocycles. The summed E-state index contributed by atoms with van der Waals surface area (Å²) in [4.78, 5) is 13.7. The minimum Gasteiger partial charge on any atom is -0.359 e. The number of allylic oxidation sites excluding steroid dienone is 1. The van der Waals surface area contributed by atoms with E-state index in [1.807, 2.05) is 0 Å². The number of piperidine rings is 1. The monoisotopic (exact) mass is 238 g/mol. The molecule has 1 rings (SSSR count). The van der Waals surface area contributed by atoms with Crippen molar-refractivity contribution in [1.29, 1.82) is 0 Å². The van der Waals surface area contributed by atoms with Crippen molar-refractivity contribution in [3.8, 4) is 0 Å². The normalized spacial score (nSPS) is 18.7. The molecule has 98 valence electrons. The number of nitrogens with zero attached hydrogens (tertiary/aromatic N) is 1. The molecule has 1 aliphatic rings. The lowest BCUT2D eigenvalue weighted by Crippen LogP contribution is -2.35. The summed E-state index contributed by atoms with van der Waals surface area (Å²) in [7, 11) is 1.72. The molecule has 0 saturated carbocycles. The molecule has 1 aliphatic heterocycles. The molecule has 0 aliphatic carbocycles. The predicted octanol–water partition coefficient (Wildman–Crippen LogP) is 2.19. The molecule has 0 bridgehead atoms. The van der Waals surface area contributed by atoms with Crippen LogP contribution < -0.4 is 5.32 Å². The fourth-order valence-electron chi connectivity index (χ4n) is 2.25. The Kier molecular flexibility index (Phi) is 6.94. The van der Waals surface area contributed by atoms with E-state index in [0.29, 0.717) is 12.3 Å². The first-order chi connectivity index (χ1) is 8.26. The van der Waals surface area contributed by atoms with Crippen LogP contribution in [0, 0.1) is 5.92 Å². The molecule has 0 aromatic carbocycles. The summed E-state index contributed by atoms with van der Waals surface area (Å²) in [5, 5.41) is 2.71. The van der Waals surface area contributed by atoms with Crippen molar-refractivity contribution in [3.63, 3.8) is 0 Å².